The van der Waals surface area contributed by atoms with E-state index >= 15 is 0 Å². The molecule has 1 heterocycles. The number of pyridine rings is 1. The molecule has 0 atom stereocenters. The van der Waals surface area contributed by atoms with Gasteiger partial charge in [-0.1, -0.05) is 20.8 Å². The number of amides is 1. The predicted molar refractivity (Wildman–Crippen MR) is 82.0 cm³/mol. The lowest BCUT2D eigenvalue weighted by Gasteiger charge is -2.20. The van der Waals surface area contributed by atoms with Crippen molar-refractivity contribution < 1.29 is 9.18 Å². The molecule has 0 spiro atoms. The Bertz CT molecular complexity index is 675. The Morgan fingerprint density at radius 3 is 2.52 bits per heavy atom. The summed E-state index contributed by atoms with van der Waals surface area (Å²) < 4.78 is 13.9. The van der Waals surface area contributed by atoms with E-state index in [2.05, 4.69) is 10.3 Å². The molecule has 3 nitrogen and oxygen atoms in total. The monoisotopic (exact) mass is 286 g/mol. The Morgan fingerprint density at radius 2 is 1.90 bits per heavy atom. The van der Waals surface area contributed by atoms with E-state index in [-0.39, 0.29) is 17.1 Å². The van der Waals surface area contributed by atoms with Crippen LogP contribution in [0.2, 0.25) is 0 Å². The standard InChI is InChI=1S/C17H19FN2O/c1-11-7-8-19-15(9-11)16(21)20-12-5-6-14(18)13(10-12)17(2,3)4/h5-10H,1-4H3,(H,20,21). The lowest BCUT2D eigenvalue weighted by Crippen LogP contribution is -2.17. The van der Waals surface area contributed by atoms with E-state index in [4.69, 9.17) is 0 Å². The first kappa shape index (κ1) is 15.2. The summed E-state index contributed by atoms with van der Waals surface area (Å²) in [6.45, 7) is 7.69. The second-order valence-electron chi connectivity index (χ2n) is 6.12. The van der Waals surface area contributed by atoms with Gasteiger partial charge in [0, 0.05) is 11.9 Å². The van der Waals surface area contributed by atoms with Gasteiger partial charge in [-0.05, 0) is 53.8 Å². The Hall–Kier alpha value is -2.23. The fourth-order valence-corrected chi connectivity index (χ4v) is 2.03. The normalized spacial score (nSPS) is 11.3. The fraction of sp³-hybridized carbons (Fsp3) is 0.294. The number of hydrogen-bond donors (Lipinski definition) is 1. The van der Waals surface area contributed by atoms with Gasteiger partial charge in [0.1, 0.15) is 11.5 Å². The molecule has 0 unspecified atom stereocenters. The molecular formula is C17H19FN2O. The first-order chi connectivity index (χ1) is 9.77. The number of hydrogen-bond acceptors (Lipinski definition) is 2. The quantitative estimate of drug-likeness (QED) is 0.904. The highest BCUT2D eigenvalue weighted by Gasteiger charge is 2.19. The number of carbonyl (C=O) groups is 1. The van der Waals surface area contributed by atoms with E-state index in [1.54, 1.807) is 24.4 Å². The number of benzene rings is 1. The van der Waals surface area contributed by atoms with Crippen LogP contribution in [0.1, 0.15) is 42.4 Å². The first-order valence-electron chi connectivity index (χ1n) is 6.81. The van der Waals surface area contributed by atoms with Gasteiger partial charge in [0.15, 0.2) is 0 Å². The number of rotatable bonds is 2. The van der Waals surface area contributed by atoms with Gasteiger partial charge in [0.05, 0.1) is 0 Å². The fourth-order valence-electron chi connectivity index (χ4n) is 2.03. The minimum absolute atomic E-state index is 0.269. The maximum atomic E-state index is 13.9. The van der Waals surface area contributed by atoms with E-state index < -0.39 is 0 Å². The zero-order chi connectivity index (χ0) is 15.6. The minimum Gasteiger partial charge on any atom is -0.321 e. The zero-order valence-corrected chi connectivity index (χ0v) is 12.7. The largest absolute Gasteiger partial charge is 0.321 e. The van der Waals surface area contributed by atoms with Gasteiger partial charge in [-0.25, -0.2) is 4.39 Å². The van der Waals surface area contributed by atoms with Crippen LogP contribution < -0.4 is 5.32 Å². The lowest BCUT2D eigenvalue weighted by atomic mass is 9.86. The van der Waals surface area contributed by atoms with Crippen molar-refractivity contribution in [2.75, 3.05) is 5.32 Å². The van der Waals surface area contributed by atoms with Gasteiger partial charge in [0.2, 0.25) is 0 Å². The molecule has 0 aliphatic carbocycles. The van der Waals surface area contributed by atoms with Gasteiger partial charge < -0.3 is 5.32 Å². The number of aromatic nitrogens is 1. The van der Waals surface area contributed by atoms with Crippen molar-refractivity contribution in [3.8, 4) is 0 Å². The van der Waals surface area contributed by atoms with Crippen LogP contribution in [0.3, 0.4) is 0 Å². The van der Waals surface area contributed by atoms with Crippen molar-refractivity contribution in [2.45, 2.75) is 33.1 Å². The Labute approximate surface area is 124 Å². The molecule has 2 rings (SSSR count). The number of halogens is 1. The first-order valence-corrected chi connectivity index (χ1v) is 6.81. The summed E-state index contributed by atoms with van der Waals surface area (Å²) in [7, 11) is 0. The van der Waals surface area contributed by atoms with Crippen molar-refractivity contribution >= 4 is 11.6 Å². The van der Waals surface area contributed by atoms with Gasteiger partial charge >= 0.3 is 0 Å². The van der Waals surface area contributed by atoms with E-state index in [9.17, 15) is 9.18 Å². The molecule has 1 aromatic heterocycles. The number of nitrogens with one attached hydrogen (secondary N) is 1. The third-order valence-electron chi connectivity index (χ3n) is 3.18. The smallest absolute Gasteiger partial charge is 0.274 e. The molecule has 1 amide bonds. The molecule has 0 fully saturated rings. The molecule has 0 saturated carbocycles. The molecular weight excluding hydrogens is 267 g/mol. The predicted octanol–water partition coefficient (Wildman–Crippen LogP) is 4.08. The second-order valence-corrected chi connectivity index (χ2v) is 6.12. The van der Waals surface area contributed by atoms with Crippen LogP contribution in [0.25, 0.3) is 0 Å². The summed E-state index contributed by atoms with van der Waals surface area (Å²) in [4.78, 5) is 16.2. The lowest BCUT2D eigenvalue weighted by molar-refractivity contribution is 0.102. The highest BCUT2D eigenvalue weighted by molar-refractivity contribution is 6.02. The molecule has 0 aliphatic rings. The molecule has 0 bridgehead atoms. The Kier molecular flexibility index (Phi) is 4.07. The van der Waals surface area contributed by atoms with Crippen molar-refractivity contribution in [2.24, 2.45) is 0 Å². The maximum absolute atomic E-state index is 13.9. The van der Waals surface area contributed by atoms with Crippen LogP contribution in [0.4, 0.5) is 10.1 Å². The third-order valence-corrected chi connectivity index (χ3v) is 3.18. The SMILES string of the molecule is Cc1ccnc(C(=O)Nc2ccc(F)c(C(C)(C)C)c2)c1. The molecule has 0 radical (unpaired) electrons. The summed E-state index contributed by atoms with van der Waals surface area (Å²) in [5, 5.41) is 2.76. The highest BCUT2D eigenvalue weighted by Crippen LogP contribution is 2.27. The zero-order valence-electron chi connectivity index (χ0n) is 12.7. The number of carbonyl (C=O) groups excluding carboxylic acids is 1. The van der Waals surface area contributed by atoms with Crippen LogP contribution >= 0.6 is 0 Å². The summed E-state index contributed by atoms with van der Waals surface area (Å²) in [6, 6.07) is 8.14. The average molecular weight is 286 g/mol. The second kappa shape index (κ2) is 5.64. The van der Waals surface area contributed by atoms with E-state index in [0.29, 0.717) is 16.9 Å². The van der Waals surface area contributed by atoms with Crippen LogP contribution in [0.15, 0.2) is 36.5 Å². The van der Waals surface area contributed by atoms with Gasteiger partial charge in [-0.2, -0.15) is 0 Å². The van der Waals surface area contributed by atoms with Gasteiger partial charge in [0.25, 0.3) is 5.91 Å². The molecule has 21 heavy (non-hydrogen) atoms. The van der Waals surface area contributed by atoms with Crippen LogP contribution in [0, 0.1) is 12.7 Å². The molecule has 0 saturated heterocycles. The molecule has 1 aromatic carbocycles. The highest BCUT2D eigenvalue weighted by atomic mass is 19.1. The summed E-state index contributed by atoms with van der Waals surface area (Å²) in [5.41, 5.74) is 2.11. The van der Waals surface area contributed by atoms with Crippen LogP contribution in [0.5, 0.6) is 0 Å². The number of nitrogens with zero attached hydrogens (tertiary/aromatic N) is 1. The molecule has 2 aromatic rings. The summed E-state index contributed by atoms with van der Waals surface area (Å²) >= 11 is 0. The topological polar surface area (TPSA) is 42.0 Å². The summed E-state index contributed by atoms with van der Waals surface area (Å²) in [6.07, 6.45) is 1.59. The minimum atomic E-state index is -0.327. The van der Waals surface area contributed by atoms with Crippen molar-refractivity contribution in [1.82, 2.24) is 4.98 Å². The van der Waals surface area contributed by atoms with Crippen molar-refractivity contribution in [3.63, 3.8) is 0 Å². The Balaban J connectivity index is 2.26. The molecule has 0 aliphatic heterocycles. The van der Waals surface area contributed by atoms with Crippen LogP contribution in [-0.2, 0) is 5.41 Å². The molecule has 4 heteroatoms. The third kappa shape index (κ3) is 3.66. The van der Waals surface area contributed by atoms with E-state index in [0.717, 1.165) is 5.56 Å². The average Bonchev–Trinajstić information content (AvgIpc) is 2.39. The summed E-state index contributed by atoms with van der Waals surface area (Å²) in [5.74, 6) is -0.570. The molecule has 1 N–H and O–H groups in total. The number of aryl methyl sites for hydroxylation is 1. The van der Waals surface area contributed by atoms with Gasteiger partial charge in [-0.3, -0.25) is 9.78 Å². The van der Waals surface area contributed by atoms with Gasteiger partial charge in [-0.15, -0.1) is 0 Å². The van der Waals surface area contributed by atoms with Crippen LogP contribution in [-0.4, -0.2) is 10.9 Å². The Morgan fingerprint density at radius 1 is 1.19 bits per heavy atom. The molecule has 110 valence electrons. The number of anilines is 1. The van der Waals surface area contributed by atoms with E-state index in [1.165, 1.54) is 6.07 Å². The van der Waals surface area contributed by atoms with Crippen molar-refractivity contribution in [3.05, 3.63) is 59.2 Å². The van der Waals surface area contributed by atoms with E-state index in [1.807, 2.05) is 33.8 Å². The van der Waals surface area contributed by atoms with Crippen molar-refractivity contribution in [1.29, 1.82) is 0 Å². The maximum Gasteiger partial charge on any atom is 0.274 e.